The highest BCUT2D eigenvalue weighted by Crippen LogP contribution is 2.64. The van der Waals surface area contributed by atoms with Crippen LogP contribution in [0.4, 0.5) is 5.69 Å². The molecule has 1 N–H and O–H groups in total. The normalized spacial score (nSPS) is 27.1. The van der Waals surface area contributed by atoms with Gasteiger partial charge < -0.3 is 10.1 Å². The first kappa shape index (κ1) is 20.3. The molecule has 0 radical (unpaired) electrons. The maximum atomic E-state index is 12.7. The highest BCUT2D eigenvalue weighted by atomic mass is 32.2. The summed E-state index contributed by atoms with van der Waals surface area (Å²) in [5.74, 6) is 3.15. The zero-order valence-electron chi connectivity index (χ0n) is 17.0. The van der Waals surface area contributed by atoms with Crippen LogP contribution in [0.1, 0.15) is 32.1 Å². The first-order valence-corrected chi connectivity index (χ1v) is 12.8. The lowest BCUT2D eigenvalue weighted by atomic mass is 9.67. The quantitative estimate of drug-likeness (QED) is 0.651. The van der Waals surface area contributed by atoms with Gasteiger partial charge in [0.15, 0.2) is 6.61 Å². The van der Waals surface area contributed by atoms with E-state index in [2.05, 4.69) is 28.8 Å². The molecule has 3 atom stereocenters. The molecule has 0 aromatic heterocycles. The molecule has 2 aliphatic carbocycles. The molecule has 158 valence electrons. The van der Waals surface area contributed by atoms with Crippen LogP contribution >= 0.6 is 23.5 Å². The van der Waals surface area contributed by atoms with Crippen LogP contribution in [-0.4, -0.2) is 34.1 Å². The SMILES string of the molecule is O=C(COC(=O)C1C[C@H]2CCC[C@@H](C1)C21SCCS1)Nc1ccc2ccccc2c1. The van der Waals surface area contributed by atoms with E-state index in [-0.39, 0.29) is 24.4 Å². The summed E-state index contributed by atoms with van der Waals surface area (Å²) in [7, 11) is 0. The van der Waals surface area contributed by atoms with E-state index >= 15 is 0 Å². The van der Waals surface area contributed by atoms with Crippen LogP contribution in [-0.2, 0) is 14.3 Å². The van der Waals surface area contributed by atoms with Crippen LogP contribution in [0.15, 0.2) is 42.5 Å². The fourth-order valence-corrected chi connectivity index (χ4v) is 9.46. The van der Waals surface area contributed by atoms with Crippen molar-refractivity contribution in [3.63, 3.8) is 0 Å². The number of nitrogens with one attached hydrogen (secondary N) is 1. The molecule has 3 aliphatic rings. The molecular weight excluding hydrogens is 414 g/mol. The Morgan fingerprint density at radius 3 is 2.43 bits per heavy atom. The summed E-state index contributed by atoms with van der Waals surface area (Å²) in [6, 6.07) is 13.8. The molecule has 1 heterocycles. The van der Waals surface area contributed by atoms with Crippen LogP contribution in [0, 0.1) is 17.8 Å². The average Bonchev–Trinajstić information content (AvgIpc) is 3.21. The molecule has 1 unspecified atom stereocenters. The number of carbonyl (C=O) groups is 2. The zero-order valence-corrected chi connectivity index (χ0v) is 18.6. The maximum absolute atomic E-state index is 12.7. The van der Waals surface area contributed by atoms with Gasteiger partial charge in [0.05, 0.1) is 10.00 Å². The minimum atomic E-state index is -0.284. The molecule has 4 nitrogen and oxygen atoms in total. The number of hydrogen-bond acceptors (Lipinski definition) is 5. The summed E-state index contributed by atoms with van der Waals surface area (Å²) in [5, 5.41) is 5.04. The average molecular weight is 442 g/mol. The van der Waals surface area contributed by atoms with E-state index in [1.165, 1.54) is 30.8 Å². The van der Waals surface area contributed by atoms with Gasteiger partial charge in [0.1, 0.15) is 0 Å². The number of benzene rings is 2. The molecule has 1 aliphatic heterocycles. The van der Waals surface area contributed by atoms with Crippen molar-refractivity contribution >= 4 is 51.9 Å². The maximum Gasteiger partial charge on any atom is 0.309 e. The van der Waals surface area contributed by atoms with Gasteiger partial charge >= 0.3 is 5.97 Å². The van der Waals surface area contributed by atoms with E-state index in [4.69, 9.17) is 4.74 Å². The van der Waals surface area contributed by atoms with Gasteiger partial charge in [-0.05, 0) is 60.4 Å². The second kappa shape index (κ2) is 8.46. The third-order valence-corrected chi connectivity index (χ3v) is 10.8. The lowest BCUT2D eigenvalue weighted by molar-refractivity contribution is -0.154. The van der Waals surface area contributed by atoms with Crippen molar-refractivity contribution in [3.8, 4) is 0 Å². The Morgan fingerprint density at radius 2 is 1.70 bits per heavy atom. The molecule has 3 fully saturated rings. The van der Waals surface area contributed by atoms with E-state index in [1.807, 2.05) is 42.5 Å². The third kappa shape index (κ3) is 3.84. The number of anilines is 1. The van der Waals surface area contributed by atoms with Crippen molar-refractivity contribution in [3.05, 3.63) is 42.5 Å². The molecule has 6 heteroatoms. The molecule has 30 heavy (non-hydrogen) atoms. The minimum Gasteiger partial charge on any atom is -0.455 e. The van der Waals surface area contributed by atoms with Crippen LogP contribution in [0.25, 0.3) is 10.8 Å². The first-order valence-electron chi connectivity index (χ1n) is 10.9. The van der Waals surface area contributed by atoms with Gasteiger partial charge in [0, 0.05) is 17.2 Å². The highest BCUT2D eigenvalue weighted by Gasteiger charge is 2.55. The third-order valence-electron chi connectivity index (χ3n) is 6.83. The van der Waals surface area contributed by atoms with Gasteiger partial charge in [-0.15, -0.1) is 23.5 Å². The number of amides is 1. The summed E-state index contributed by atoms with van der Waals surface area (Å²) in [4.78, 5) is 25.1. The molecule has 2 saturated carbocycles. The Morgan fingerprint density at radius 1 is 1.00 bits per heavy atom. The highest BCUT2D eigenvalue weighted by molar-refractivity contribution is 8.21. The van der Waals surface area contributed by atoms with E-state index in [1.54, 1.807) is 0 Å². The molecule has 1 spiro atoms. The lowest BCUT2D eigenvalue weighted by Crippen LogP contribution is -2.48. The Bertz CT molecular complexity index is 940. The Kier molecular flexibility index (Phi) is 5.71. The van der Waals surface area contributed by atoms with E-state index in [9.17, 15) is 9.59 Å². The molecule has 2 aromatic rings. The summed E-state index contributed by atoms with van der Waals surface area (Å²) in [6.45, 7) is -0.216. The smallest absolute Gasteiger partial charge is 0.309 e. The topological polar surface area (TPSA) is 55.4 Å². The van der Waals surface area contributed by atoms with Crippen molar-refractivity contribution in [1.82, 2.24) is 0 Å². The van der Waals surface area contributed by atoms with Crippen molar-refractivity contribution in [2.75, 3.05) is 23.4 Å². The van der Waals surface area contributed by atoms with Gasteiger partial charge in [0.25, 0.3) is 5.91 Å². The van der Waals surface area contributed by atoms with Gasteiger partial charge in [0.2, 0.25) is 0 Å². The number of fused-ring (bicyclic) bond motifs is 1. The predicted octanol–water partition coefficient (Wildman–Crippen LogP) is 5.32. The number of ether oxygens (including phenoxy) is 1. The van der Waals surface area contributed by atoms with Crippen LogP contribution in [0.2, 0.25) is 0 Å². The summed E-state index contributed by atoms with van der Waals surface area (Å²) in [5.41, 5.74) is 0.721. The van der Waals surface area contributed by atoms with Crippen LogP contribution in [0.3, 0.4) is 0 Å². The second-order valence-corrected chi connectivity index (χ2v) is 11.6. The molecule has 1 saturated heterocycles. The van der Waals surface area contributed by atoms with Crippen LogP contribution < -0.4 is 5.32 Å². The molecule has 2 aromatic carbocycles. The number of carbonyl (C=O) groups excluding carboxylic acids is 2. The Hall–Kier alpha value is -1.66. The van der Waals surface area contributed by atoms with Gasteiger partial charge in [-0.1, -0.05) is 36.8 Å². The fraction of sp³-hybridized carbons (Fsp3) is 0.500. The van der Waals surface area contributed by atoms with Crippen molar-refractivity contribution < 1.29 is 14.3 Å². The number of rotatable bonds is 4. The predicted molar refractivity (Wildman–Crippen MR) is 125 cm³/mol. The number of hydrogen-bond donors (Lipinski definition) is 1. The van der Waals surface area contributed by atoms with Crippen molar-refractivity contribution in [2.45, 2.75) is 36.2 Å². The Balaban J connectivity index is 1.16. The monoisotopic (exact) mass is 441 g/mol. The zero-order chi connectivity index (χ0) is 20.6. The van der Waals surface area contributed by atoms with Gasteiger partial charge in [-0.3, -0.25) is 9.59 Å². The largest absolute Gasteiger partial charge is 0.455 e. The fourth-order valence-electron chi connectivity index (χ4n) is 5.52. The molecule has 2 bridgehead atoms. The molecule has 1 amide bonds. The Labute approximate surface area is 185 Å². The summed E-state index contributed by atoms with van der Waals surface area (Å²) < 4.78 is 5.80. The molecule has 5 rings (SSSR count). The van der Waals surface area contributed by atoms with E-state index < -0.39 is 0 Å². The molecular formula is C24H27NO3S2. The van der Waals surface area contributed by atoms with E-state index in [0.717, 1.165) is 29.3 Å². The standard InChI is InChI=1S/C24H27NO3S2/c26-22(25-21-9-8-16-4-1-2-5-17(16)14-21)15-28-23(27)18-12-19-6-3-7-20(13-18)24(19)29-10-11-30-24/h1-2,4-5,8-9,14,18-20H,3,6-7,10-13,15H2,(H,25,26)/t18?,19-,20+. The van der Waals surface area contributed by atoms with E-state index in [0.29, 0.717) is 15.9 Å². The number of esters is 1. The van der Waals surface area contributed by atoms with Crippen LogP contribution in [0.5, 0.6) is 0 Å². The van der Waals surface area contributed by atoms with Gasteiger partial charge in [-0.2, -0.15) is 0 Å². The second-order valence-electron chi connectivity index (χ2n) is 8.63. The minimum absolute atomic E-state index is 0.0545. The van der Waals surface area contributed by atoms with Crippen molar-refractivity contribution in [2.24, 2.45) is 17.8 Å². The summed E-state index contributed by atoms with van der Waals surface area (Å²) in [6.07, 6.45) is 5.57. The van der Waals surface area contributed by atoms with Crippen molar-refractivity contribution in [1.29, 1.82) is 0 Å². The first-order chi connectivity index (χ1) is 14.6. The lowest BCUT2D eigenvalue weighted by Gasteiger charge is -2.51. The van der Waals surface area contributed by atoms with Gasteiger partial charge in [-0.25, -0.2) is 0 Å². The number of thioether (sulfide) groups is 2. The summed E-state index contributed by atoms with van der Waals surface area (Å²) >= 11 is 4.28.